The Kier molecular flexibility index (Phi) is 5.19. The molecule has 0 aromatic heterocycles. The van der Waals surface area contributed by atoms with Crippen molar-refractivity contribution in [2.45, 2.75) is 85.2 Å². The molecule has 4 aliphatic carbocycles. The van der Waals surface area contributed by atoms with Crippen molar-refractivity contribution in [2.75, 3.05) is 13.2 Å². The summed E-state index contributed by atoms with van der Waals surface area (Å²) in [5.74, 6) is 2.17. The van der Waals surface area contributed by atoms with Crippen LogP contribution in [0.2, 0.25) is 0 Å². The minimum Gasteiger partial charge on any atom is -0.396 e. The lowest BCUT2D eigenvalue weighted by molar-refractivity contribution is -0.0670. The van der Waals surface area contributed by atoms with Crippen LogP contribution < -0.4 is 5.73 Å². The van der Waals surface area contributed by atoms with Gasteiger partial charge in [0.1, 0.15) is 6.61 Å². The zero-order chi connectivity index (χ0) is 20.2. The first kappa shape index (κ1) is 20.4. The van der Waals surface area contributed by atoms with Gasteiger partial charge in [-0.05, 0) is 86.5 Å². The van der Waals surface area contributed by atoms with Gasteiger partial charge in [0.15, 0.2) is 0 Å². The number of nitrogens with zero attached hydrogens (tertiary/aromatic N) is 1. The summed E-state index contributed by atoms with van der Waals surface area (Å²) in [6.07, 6.45) is 11.4. The molecule has 0 radical (unpaired) electrons. The smallest absolute Gasteiger partial charge is 0.118 e. The highest BCUT2D eigenvalue weighted by molar-refractivity contribution is 5.93. The van der Waals surface area contributed by atoms with E-state index in [0.29, 0.717) is 19.1 Å². The summed E-state index contributed by atoms with van der Waals surface area (Å²) in [4.78, 5) is 5.60. The summed E-state index contributed by atoms with van der Waals surface area (Å²) >= 11 is 0. The van der Waals surface area contributed by atoms with Crippen molar-refractivity contribution in [3.05, 3.63) is 11.6 Å². The van der Waals surface area contributed by atoms with Gasteiger partial charge < -0.3 is 15.7 Å². The van der Waals surface area contributed by atoms with E-state index >= 15 is 0 Å². The average Bonchev–Trinajstić information content (AvgIpc) is 2.95. The number of aliphatic hydroxyl groups excluding tert-OH is 1. The first-order valence-electron chi connectivity index (χ1n) is 11.5. The van der Waals surface area contributed by atoms with Gasteiger partial charge in [0, 0.05) is 5.41 Å². The van der Waals surface area contributed by atoms with Gasteiger partial charge in [-0.15, -0.1) is 0 Å². The third-order valence-electron chi connectivity index (χ3n) is 9.31. The second-order valence-corrected chi connectivity index (χ2v) is 10.9. The van der Waals surface area contributed by atoms with Crippen LogP contribution in [-0.2, 0) is 4.84 Å². The molecule has 0 saturated heterocycles. The molecule has 3 N–H and O–H groups in total. The molecule has 28 heavy (non-hydrogen) atoms. The Labute approximate surface area is 171 Å². The lowest BCUT2D eigenvalue weighted by Crippen LogP contribution is -2.54. The number of hydrogen-bond donors (Lipinski definition) is 2. The van der Waals surface area contributed by atoms with Crippen LogP contribution in [0.25, 0.3) is 0 Å². The molecule has 4 nitrogen and oxygen atoms in total. The zero-order valence-electron chi connectivity index (χ0n) is 18.3. The maximum Gasteiger partial charge on any atom is 0.118 e. The third-order valence-corrected chi connectivity index (χ3v) is 9.31. The lowest BCUT2D eigenvalue weighted by atomic mass is 9.45. The minimum atomic E-state index is -0.0937. The van der Waals surface area contributed by atoms with Crippen LogP contribution in [0.15, 0.2) is 16.8 Å². The number of allylic oxidation sites excluding steroid dienone is 2. The van der Waals surface area contributed by atoms with Crippen molar-refractivity contribution in [1.29, 1.82) is 0 Å². The van der Waals surface area contributed by atoms with Gasteiger partial charge in [-0.2, -0.15) is 0 Å². The number of aliphatic hydroxyl groups is 1. The molecule has 3 fully saturated rings. The van der Waals surface area contributed by atoms with Crippen molar-refractivity contribution in [1.82, 2.24) is 0 Å². The number of hydrogen-bond acceptors (Lipinski definition) is 4. The van der Waals surface area contributed by atoms with E-state index in [2.05, 4.69) is 38.9 Å². The molecule has 0 spiro atoms. The molecule has 3 saturated carbocycles. The molecule has 0 amide bonds. The van der Waals surface area contributed by atoms with Crippen molar-refractivity contribution in [2.24, 2.45) is 44.9 Å². The Morgan fingerprint density at radius 2 is 1.93 bits per heavy atom. The van der Waals surface area contributed by atoms with Gasteiger partial charge in [-0.1, -0.05) is 44.5 Å². The van der Waals surface area contributed by atoms with Gasteiger partial charge in [0.05, 0.1) is 11.8 Å². The van der Waals surface area contributed by atoms with Gasteiger partial charge >= 0.3 is 0 Å². The fourth-order valence-corrected chi connectivity index (χ4v) is 7.63. The molecule has 158 valence electrons. The van der Waals surface area contributed by atoms with E-state index in [9.17, 15) is 5.11 Å². The zero-order valence-corrected chi connectivity index (χ0v) is 18.3. The lowest BCUT2D eigenvalue weighted by Gasteiger charge is -2.60. The number of nitrogens with two attached hydrogens (primary N) is 1. The van der Waals surface area contributed by atoms with Crippen molar-refractivity contribution in [3.63, 3.8) is 0 Å². The fraction of sp³-hybridized carbons (Fsp3) is 0.875. The molecule has 0 heterocycles. The molecular formula is C24H40N2O2. The van der Waals surface area contributed by atoms with E-state index in [1.165, 1.54) is 37.8 Å². The molecule has 4 aliphatic rings. The number of oxime groups is 1. The normalized spacial score (nSPS) is 45.8. The summed E-state index contributed by atoms with van der Waals surface area (Å²) in [6.45, 7) is 10.8. The van der Waals surface area contributed by atoms with E-state index in [0.717, 1.165) is 31.1 Å². The van der Waals surface area contributed by atoms with E-state index < -0.39 is 0 Å². The Hall–Kier alpha value is -0.870. The highest BCUT2D eigenvalue weighted by Crippen LogP contribution is 2.66. The second kappa shape index (κ2) is 7.12. The highest BCUT2D eigenvalue weighted by atomic mass is 16.6. The van der Waals surface area contributed by atoms with Crippen LogP contribution in [0.5, 0.6) is 0 Å². The average molecular weight is 389 g/mol. The van der Waals surface area contributed by atoms with Crippen molar-refractivity contribution >= 4 is 5.71 Å². The Bertz CT molecular complexity index is 670. The van der Waals surface area contributed by atoms with E-state index in [-0.39, 0.29) is 22.3 Å². The van der Waals surface area contributed by atoms with Gasteiger partial charge in [0.2, 0.25) is 0 Å². The molecule has 0 bridgehead atoms. The topological polar surface area (TPSA) is 67.8 Å². The first-order valence-corrected chi connectivity index (χ1v) is 11.5. The summed E-state index contributed by atoms with van der Waals surface area (Å²) in [6, 6.07) is 0. The third kappa shape index (κ3) is 2.89. The highest BCUT2D eigenvalue weighted by Gasteiger charge is 2.60. The summed E-state index contributed by atoms with van der Waals surface area (Å²) < 4.78 is 0. The van der Waals surface area contributed by atoms with E-state index in [1.54, 1.807) is 5.57 Å². The molecule has 4 heteroatoms. The molecule has 0 unspecified atom stereocenters. The van der Waals surface area contributed by atoms with Crippen LogP contribution in [0.4, 0.5) is 0 Å². The summed E-state index contributed by atoms with van der Waals surface area (Å²) in [7, 11) is 0. The Morgan fingerprint density at radius 3 is 2.68 bits per heavy atom. The SMILES string of the molecule is CC1(C)C2=CC[C@H]3[C@@H]4CC[C@H](O)[C@@]4(C)CC[C@@H]3[C@@]2(C)CC/C1=N\OCCCN. The van der Waals surface area contributed by atoms with Crippen LogP contribution in [0.3, 0.4) is 0 Å². The van der Waals surface area contributed by atoms with Crippen molar-refractivity contribution < 1.29 is 9.94 Å². The second-order valence-electron chi connectivity index (χ2n) is 10.9. The van der Waals surface area contributed by atoms with Gasteiger partial charge in [-0.3, -0.25) is 0 Å². The number of fused-ring (bicyclic) bond motifs is 5. The van der Waals surface area contributed by atoms with Crippen LogP contribution >= 0.6 is 0 Å². The molecule has 0 aliphatic heterocycles. The Morgan fingerprint density at radius 1 is 1.14 bits per heavy atom. The molecule has 0 aromatic rings. The quantitative estimate of drug-likeness (QED) is 0.418. The molecule has 4 rings (SSSR count). The summed E-state index contributed by atoms with van der Waals surface area (Å²) in [5.41, 5.74) is 8.74. The van der Waals surface area contributed by atoms with Crippen LogP contribution in [0.1, 0.15) is 79.1 Å². The Balaban J connectivity index is 1.61. The largest absolute Gasteiger partial charge is 0.396 e. The van der Waals surface area contributed by atoms with E-state index in [4.69, 9.17) is 10.6 Å². The fourth-order valence-electron chi connectivity index (χ4n) is 7.63. The van der Waals surface area contributed by atoms with Gasteiger partial charge in [-0.25, -0.2) is 0 Å². The minimum absolute atomic E-state index is 0.0311. The maximum atomic E-state index is 10.7. The molecule has 6 atom stereocenters. The maximum absolute atomic E-state index is 10.7. The van der Waals surface area contributed by atoms with Crippen LogP contribution in [0, 0.1) is 34.0 Å². The molecule has 0 aromatic carbocycles. The van der Waals surface area contributed by atoms with Crippen LogP contribution in [-0.4, -0.2) is 30.1 Å². The van der Waals surface area contributed by atoms with Gasteiger partial charge in [0.25, 0.3) is 0 Å². The standard InChI is InChI=1S/C24H40N2O2/c1-22(2)19-8-6-16-17-7-9-21(27)24(17,4)12-10-18(16)23(19,3)13-11-20(22)26-28-15-5-14-25/h8,16-18,21,27H,5-7,9-15,25H2,1-4H3/b26-20+/t16-,17-,18-,21-,23+,24-/m0/s1. The predicted molar refractivity (Wildman–Crippen MR) is 114 cm³/mol. The first-order chi connectivity index (χ1) is 13.2. The monoisotopic (exact) mass is 388 g/mol. The van der Waals surface area contributed by atoms with Crippen molar-refractivity contribution in [3.8, 4) is 0 Å². The predicted octanol–water partition coefficient (Wildman–Crippen LogP) is 4.67. The van der Waals surface area contributed by atoms with E-state index in [1.807, 2.05) is 0 Å². The number of rotatable bonds is 4. The molecular weight excluding hydrogens is 348 g/mol. The summed E-state index contributed by atoms with van der Waals surface area (Å²) in [5, 5.41) is 15.2.